The summed E-state index contributed by atoms with van der Waals surface area (Å²) >= 11 is 0. The zero-order valence-electron chi connectivity index (χ0n) is 16.3. The van der Waals surface area contributed by atoms with Crippen LogP contribution in [0.4, 0.5) is 0 Å². The van der Waals surface area contributed by atoms with E-state index in [0.717, 1.165) is 25.2 Å². The summed E-state index contributed by atoms with van der Waals surface area (Å²) in [5.41, 5.74) is 0.684. The topological polar surface area (TPSA) is 70.5 Å². The van der Waals surface area contributed by atoms with Crippen LogP contribution in [0.1, 0.15) is 35.1 Å². The van der Waals surface area contributed by atoms with Crippen LogP contribution in [-0.2, 0) is 11.8 Å². The zero-order chi connectivity index (χ0) is 19.5. The highest BCUT2D eigenvalue weighted by atomic mass is 16.2. The van der Waals surface area contributed by atoms with Gasteiger partial charge in [-0.3, -0.25) is 9.59 Å². The first-order valence-electron chi connectivity index (χ1n) is 9.98. The number of nitrogens with one attached hydrogen (secondary N) is 1. The quantitative estimate of drug-likeness (QED) is 0.874. The Balaban J connectivity index is 1.49. The number of aryl methyl sites for hydroxylation is 1. The zero-order valence-corrected chi connectivity index (χ0v) is 16.3. The van der Waals surface area contributed by atoms with E-state index in [1.165, 1.54) is 0 Å². The van der Waals surface area contributed by atoms with Gasteiger partial charge in [-0.2, -0.15) is 0 Å². The molecule has 0 radical (unpaired) electrons. The summed E-state index contributed by atoms with van der Waals surface area (Å²) in [4.78, 5) is 34.5. The molecule has 3 heterocycles. The van der Waals surface area contributed by atoms with Crippen molar-refractivity contribution in [1.82, 2.24) is 24.7 Å². The van der Waals surface area contributed by atoms with E-state index in [0.29, 0.717) is 31.7 Å². The molecule has 28 heavy (non-hydrogen) atoms. The molecule has 7 nitrogen and oxygen atoms in total. The molecule has 1 aromatic heterocycles. The van der Waals surface area contributed by atoms with E-state index >= 15 is 0 Å². The molecule has 7 heteroatoms. The summed E-state index contributed by atoms with van der Waals surface area (Å²) < 4.78 is 1.98. The van der Waals surface area contributed by atoms with Gasteiger partial charge in [0.15, 0.2) is 0 Å². The second-order valence-corrected chi connectivity index (χ2v) is 7.60. The van der Waals surface area contributed by atoms with E-state index in [2.05, 4.69) is 10.3 Å². The molecule has 0 aliphatic carbocycles. The first-order chi connectivity index (χ1) is 13.6. The van der Waals surface area contributed by atoms with Gasteiger partial charge < -0.3 is 19.7 Å². The van der Waals surface area contributed by atoms with Crippen LogP contribution >= 0.6 is 0 Å². The number of imidazole rings is 1. The van der Waals surface area contributed by atoms with Crippen molar-refractivity contribution in [2.45, 2.75) is 18.9 Å². The van der Waals surface area contributed by atoms with Gasteiger partial charge in [0, 0.05) is 57.7 Å². The molecule has 2 aliphatic heterocycles. The fourth-order valence-corrected chi connectivity index (χ4v) is 4.26. The van der Waals surface area contributed by atoms with Gasteiger partial charge in [-0.05, 0) is 25.0 Å². The predicted molar refractivity (Wildman–Crippen MR) is 106 cm³/mol. The normalized spacial score (nSPS) is 22.9. The summed E-state index contributed by atoms with van der Waals surface area (Å²) in [5, 5.41) is 3.37. The Labute approximate surface area is 165 Å². The van der Waals surface area contributed by atoms with Crippen molar-refractivity contribution in [2.24, 2.45) is 13.0 Å². The number of hydrogen-bond donors (Lipinski definition) is 1. The molecule has 2 atom stereocenters. The van der Waals surface area contributed by atoms with E-state index in [1.54, 1.807) is 6.20 Å². The van der Waals surface area contributed by atoms with Crippen molar-refractivity contribution < 1.29 is 9.59 Å². The van der Waals surface area contributed by atoms with Crippen LogP contribution in [0.2, 0.25) is 0 Å². The first kappa shape index (κ1) is 18.7. The van der Waals surface area contributed by atoms with Gasteiger partial charge in [0.1, 0.15) is 11.9 Å². The van der Waals surface area contributed by atoms with Crippen molar-refractivity contribution in [3.63, 3.8) is 0 Å². The van der Waals surface area contributed by atoms with Gasteiger partial charge in [0.25, 0.3) is 5.91 Å². The van der Waals surface area contributed by atoms with Crippen LogP contribution in [0, 0.1) is 5.92 Å². The standard InChI is InChI=1S/C21H27N5O2/c1-24-12-10-23-19(24)18-14-22-9-13-26(18)21(28)17-8-5-11-25(15-17)20(27)16-6-3-2-4-7-16/h2-4,6-7,10,12,17-18,22H,5,8-9,11,13-15H2,1H3. The number of aromatic nitrogens is 2. The van der Waals surface area contributed by atoms with E-state index in [-0.39, 0.29) is 23.8 Å². The highest BCUT2D eigenvalue weighted by Gasteiger charge is 2.36. The molecule has 0 bridgehead atoms. The van der Waals surface area contributed by atoms with E-state index in [9.17, 15) is 9.59 Å². The van der Waals surface area contributed by atoms with Crippen LogP contribution in [0.5, 0.6) is 0 Å². The number of carbonyl (C=O) groups excluding carboxylic acids is 2. The fraction of sp³-hybridized carbons (Fsp3) is 0.476. The van der Waals surface area contributed by atoms with E-state index < -0.39 is 0 Å². The van der Waals surface area contributed by atoms with Gasteiger partial charge >= 0.3 is 0 Å². The summed E-state index contributed by atoms with van der Waals surface area (Å²) in [6.45, 7) is 3.35. The largest absolute Gasteiger partial charge is 0.338 e. The average molecular weight is 381 g/mol. The van der Waals surface area contributed by atoms with Crippen LogP contribution in [-0.4, -0.2) is 63.9 Å². The number of rotatable bonds is 3. The van der Waals surface area contributed by atoms with Crippen molar-refractivity contribution >= 4 is 11.8 Å². The monoisotopic (exact) mass is 381 g/mol. The molecular formula is C21H27N5O2. The predicted octanol–water partition coefficient (Wildman–Crippen LogP) is 1.45. The summed E-state index contributed by atoms with van der Waals surface area (Å²) in [6.07, 6.45) is 5.36. The minimum atomic E-state index is -0.151. The number of likely N-dealkylation sites (tertiary alicyclic amines) is 1. The maximum atomic E-state index is 13.4. The SMILES string of the molecule is Cn1ccnc1C1CNCCN1C(=O)C1CCCN(C(=O)c2ccccc2)C1. The Bertz CT molecular complexity index is 834. The van der Waals surface area contributed by atoms with Gasteiger partial charge in [-0.15, -0.1) is 0 Å². The van der Waals surface area contributed by atoms with Gasteiger partial charge in [-0.25, -0.2) is 4.98 Å². The number of amides is 2. The van der Waals surface area contributed by atoms with E-state index in [1.807, 2.05) is 57.9 Å². The average Bonchev–Trinajstić information content (AvgIpc) is 3.19. The Morgan fingerprint density at radius 2 is 2.00 bits per heavy atom. The number of piperazine rings is 1. The third-order valence-electron chi connectivity index (χ3n) is 5.76. The third kappa shape index (κ3) is 3.67. The molecule has 2 aromatic rings. The molecule has 0 spiro atoms. The van der Waals surface area contributed by atoms with Crippen LogP contribution in [0.25, 0.3) is 0 Å². The van der Waals surface area contributed by atoms with Crippen molar-refractivity contribution in [3.05, 3.63) is 54.1 Å². The summed E-state index contributed by atoms with van der Waals surface area (Å²) in [6, 6.07) is 9.25. The molecule has 2 amide bonds. The minimum absolute atomic E-state index is 0.0130. The van der Waals surface area contributed by atoms with Crippen LogP contribution in [0.15, 0.2) is 42.7 Å². The van der Waals surface area contributed by atoms with Crippen LogP contribution < -0.4 is 5.32 Å². The van der Waals surface area contributed by atoms with Gasteiger partial charge in [0.05, 0.1) is 5.92 Å². The second kappa shape index (κ2) is 8.14. The molecule has 2 aliphatic rings. The Kier molecular flexibility index (Phi) is 5.43. The molecule has 2 fully saturated rings. The van der Waals surface area contributed by atoms with Crippen molar-refractivity contribution in [2.75, 3.05) is 32.7 Å². The minimum Gasteiger partial charge on any atom is -0.338 e. The molecule has 148 valence electrons. The molecule has 2 unspecified atom stereocenters. The lowest BCUT2D eigenvalue weighted by atomic mass is 9.94. The number of benzene rings is 1. The smallest absolute Gasteiger partial charge is 0.253 e. The molecule has 0 saturated carbocycles. The second-order valence-electron chi connectivity index (χ2n) is 7.60. The van der Waals surface area contributed by atoms with Gasteiger partial charge in [0.2, 0.25) is 5.91 Å². The highest BCUT2D eigenvalue weighted by molar-refractivity contribution is 5.94. The van der Waals surface area contributed by atoms with E-state index in [4.69, 9.17) is 0 Å². The Hall–Kier alpha value is -2.67. The number of hydrogen-bond acceptors (Lipinski definition) is 4. The fourth-order valence-electron chi connectivity index (χ4n) is 4.26. The molecule has 1 aromatic carbocycles. The van der Waals surface area contributed by atoms with Crippen molar-refractivity contribution in [3.8, 4) is 0 Å². The number of carbonyl (C=O) groups is 2. The molecular weight excluding hydrogens is 354 g/mol. The maximum Gasteiger partial charge on any atom is 0.253 e. The van der Waals surface area contributed by atoms with Crippen molar-refractivity contribution in [1.29, 1.82) is 0 Å². The lowest BCUT2D eigenvalue weighted by molar-refractivity contribution is -0.140. The lowest BCUT2D eigenvalue weighted by Crippen LogP contribution is -2.53. The number of piperidine rings is 1. The Morgan fingerprint density at radius 3 is 2.75 bits per heavy atom. The molecule has 4 rings (SSSR count). The first-order valence-corrected chi connectivity index (χ1v) is 9.98. The summed E-state index contributed by atoms with van der Waals surface area (Å²) in [5.74, 6) is 0.898. The lowest BCUT2D eigenvalue weighted by Gasteiger charge is -2.40. The molecule has 2 saturated heterocycles. The third-order valence-corrected chi connectivity index (χ3v) is 5.76. The number of nitrogens with zero attached hydrogens (tertiary/aromatic N) is 4. The highest BCUT2D eigenvalue weighted by Crippen LogP contribution is 2.27. The maximum absolute atomic E-state index is 13.4. The Morgan fingerprint density at radius 1 is 1.18 bits per heavy atom. The van der Waals surface area contributed by atoms with Crippen LogP contribution in [0.3, 0.4) is 0 Å². The summed E-state index contributed by atoms with van der Waals surface area (Å²) in [7, 11) is 1.96. The molecule has 1 N–H and O–H groups in total. The van der Waals surface area contributed by atoms with Gasteiger partial charge in [-0.1, -0.05) is 18.2 Å².